The molecular weight excluding hydrogens is 264 g/mol. The molecule has 78 valence electrons. The molecule has 1 aliphatic heterocycles. The zero-order chi connectivity index (χ0) is 9.97. The molecule has 0 aliphatic carbocycles. The van der Waals surface area contributed by atoms with Gasteiger partial charge in [0.1, 0.15) is 0 Å². The van der Waals surface area contributed by atoms with Crippen molar-refractivity contribution in [2.24, 2.45) is 0 Å². The van der Waals surface area contributed by atoms with Gasteiger partial charge in [0.2, 0.25) is 0 Å². The summed E-state index contributed by atoms with van der Waals surface area (Å²) < 4.78 is 6.65. The van der Waals surface area contributed by atoms with Gasteiger partial charge < -0.3 is 10.1 Å². The molecule has 1 aromatic rings. The monoisotopic (exact) mass is 276 g/mol. The fraction of sp³-hybridized carbons (Fsp3) is 0.667. The fourth-order valence-corrected chi connectivity index (χ4v) is 2.81. The third-order valence-corrected chi connectivity index (χ3v) is 3.76. The summed E-state index contributed by atoms with van der Waals surface area (Å²) in [6, 6.07) is 0.343. The highest BCUT2D eigenvalue weighted by Crippen LogP contribution is 2.25. The van der Waals surface area contributed by atoms with Gasteiger partial charge >= 0.3 is 0 Å². The van der Waals surface area contributed by atoms with Crippen molar-refractivity contribution in [3.63, 3.8) is 0 Å². The predicted molar refractivity (Wildman–Crippen MR) is 61.9 cm³/mol. The molecule has 1 saturated heterocycles. The molecule has 0 aromatic carbocycles. The minimum atomic E-state index is 0.343. The third-order valence-electron chi connectivity index (χ3n) is 2.35. The molecule has 1 fully saturated rings. The van der Waals surface area contributed by atoms with E-state index in [1.807, 2.05) is 6.20 Å². The van der Waals surface area contributed by atoms with Gasteiger partial charge in [0.25, 0.3) is 0 Å². The van der Waals surface area contributed by atoms with Gasteiger partial charge in [-0.05, 0) is 35.7 Å². The average Bonchev–Trinajstić information content (AvgIpc) is 2.75. The number of nitrogens with zero attached hydrogens (tertiary/aromatic N) is 1. The first kappa shape index (κ1) is 10.4. The van der Waals surface area contributed by atoms with Gasteiger partial charge in [-0.1, -0.05) is 11.3 Å². The smallest absolute Gasteiger partial charge is 0.184 e. The summed E-state index contributed by atoms with van der Waals surface area (Å²) in [6.45, 7) is 3.05. The Balaban J connectivity index is 1.90. The van der Waals surface area contributed by atoms with Gasteiger partial charge in [0.05, 0.1) is 22.1 Å². The SMILES string of the molecule is CC(Nc1ncc(Br)s1)C1CCCO1. The number of hydrogen-bond donors (Lipinski definition) is 1. The lowest BCUT2D eigenvalue weighted by atomic mass is 10.1. The minimum absolute atomic E-state index is 0.343. The van der Waals surface area contributed by atoms with E-state index >= 15 is 0 Å². The van der Waals surface area contributed by atoms with E-state index in [0.717, 1.165) is 21.9 Å². The highest BCUT2D eigenvalue weighted by atomic mass is 79.9. The Labute approximate surface area is 96.0 Å². The van der Waals surface area contributed by atoms with E-state index in [1.165, 1.54) is 6.42 Å². The van der Waals surface area contributed by atoms with Gasteiger partial charge in [0.15, 0.2) is 5.13 Å². The van der Waals surface area contributed by atoms with Crippen LogP contribution in [-0.4, -0.2) is 23.7 Å². The van der Waals surface area contributed by atoms with Gasteiger partial charge in [-0.25, -0.2) is 4.98 Å². The maximum atomic E-state index is 5.60. The first-order valence-electron chi connectivity index (χ1n) is 4.75. The van der Waals surface area contributed by atoms with Crippen LogP contribution in [0.25, 0.3) is 0 Å². The molecule has 0 amide bonds. The Hall–Kier alpha value is -0.130. The highest BCUT2D eigenvalue weighted by Gasteiger charge is 2.22. The molecule has 1 N–H and O–H groups in total. The quantitative estimate of drug-likeness (QED) is 0.922. The number of ether oxygens (including phenoxy) is 1. The van der Waals surface area contributed by atoms with Crippen molar-refractivity contribution in [2.45, 2.75) is 31.9 Å². The second-order valence-corrected chi connectivity index (χ2v) is 5.86. The molecule has 2 atom stereocenters. The number of rotatable bonds is 3. The van der Waals surface area contributed by atoms with Crippen LogP contribution in [0, 0.1) is 0 Å². The van der Waals surface area contributed by atoms with Crippen molar-refractivity contribution in [3.8, 4) is 0 Å². The van der Waals surface area contributed by atoms with Gasteiger partial charge in [-0.2, -0.15) is 0 Å². The van der Waals surface area contributed by atoms with E-state index in [9.17, 15) is 0 Å². The van der Waals surface area contributed by atoms with Crippen LogP contribution >= 0.6 is 27.3 Å². The van der Waals surface area contributed by atoms with Crippen LogP contribution in [0.15, 0.2) is 9.98 Å². The molecule has 3 nitrogen and oxygen atoms in total. The largest absolute Gasteiger partial charge is 0.376 e. The first-order valence-corrected chi connectivity index (χ1v) is 6.36. The van der Waals surface area contributed by atoms with Crippen molar-refractivity contribution in [1.82, 2.24) is 4.98 Å². The van der Waals surface area contributed by atoms with E-state index in [4.69, 9.17) is 4.74 Å². The van der Waals surface area contributed by atoms with E-state index in [2.05, 4.69) is 33.2 Å². The van der Waals surface area contributed by atoms with Crippen molar-refractivity contribution in [2.75, 3.05) is 11.9 Å². The van der Waals surface area contributed by atoms with Crippen molar-refractivity contribution in [1.29, 1.82) is 0 Å². The zero-order valence-electron chi connectivity index (χ0n) is 8.00. The second-order valence-electron chi connectivity index (χ2n) is 3.45. The summed E-state index contributed by atoms with van der Waals surface area (Å²) in [4.78, 5) is 4.23. The van der Waals surface area contributed by atoms with E-state index in [-0.39, 0.29) is 0 Å². The van der Waals surface area contributed by atoms with Crippen LogP contribution in [0.5, 0.6) is 0 Å². The predicted octanol–water partition coefficient (Wildman–Crippen LogP) is 2.89. The molecule has 0 radical (unpaired) electrons. The molecule has 2 unspecified atom stereocenters. The summed E-state index contributed by atoms with van der Waals surface area (Å²) in [5, 5.41) is 4.32. The Kier molecular flexibility index (Phi) is 3.41. The molecule has 1 aromatic heterocycles. The molecular formula is C9H13BrN2OS. The van der Waals surface area contributed by atoms with Gasteiger partial charge in [0, 0.05) is 6.61 Å². The topological polar surface area (TPSA) is 34.2 Å². The molecule has 0 bridgehead atoms. The lowest BCUT2D eigenvalue weighted by Crippen LogP contribution is -2.29. The van der Waals surface area contributed by atoms with Crippen LogP contribution in [0.1, 0.15) is 19.8 Å². The highest BCUT2D eigenvalue weighted by molar-refractivity contribution is 9.11. The van der Waals surface area contributed by atoms with Crippen LogP contribution in [0.2, 0.25) is 0 Å². The standard InChI is InChI=1S/C9H13BrN2OS/c1-6(7-3-2-4-13-7)12-9-11-5-8(10)14-9/h5-7H,2-4H2,1H3,(H,11,12). The number of nitrogens with one attached hydrogen (secondary N) is 1. The lowest BCUT2D eigenvalue weighted by molar-refractivity contribution is 0.0996. The Morgan fingerprint density at radius 3 is 3.21 bits per heavy atom. The van der Waals surface area contributed by atoms with Crippen molar-refractivity contribution < 1.29 is 4.74 Å². The molecule has 1 aliphatic rings. The van der Waals surface area contributed by atoms with Gasteiger partial charge in [-0.15, -0.1) is 0 Å². The van der Waals surface area contributed by atoms with E-state index in [0.29, 0.717) is 12.1 Å². The van der Waals surface area contributed by atoms with Crippen molar-refractivity contribution in [3.05, 3.63) is 9.98 Å². The number of halogens is 1. The van der Waals surface area contributed by atoms with E-state index < -0.39 is 0 Å². The summed E-state index contributed by atoms with van der Waals surface area (Å²) in [7, 11) is 0. The van der Waals surface area contributed by atoms with Gasteiger partial charge in [-0.3, -0.25) is 0 Å². The summed E-state index contributed by atoms with van der Waals surface area (Å²) >= 11 is 5.00. The van der Waals surface area contributed by atoms with Crippen LogP contribution < -0.4 is 5.32 Å². The summed E-state index contributed by atoms with van der Waals surface area (Å²) in [5.41, 5.74) is 0. The molecule has 2 heterocycles. The first-order chi connectivity index (χ1) is 6.75. The normalized spacial score (nSPS) is 23.7. The maximum absolute atomic E-state index is 5.60. The van der Waals surface area contributed by atoms with Crippen LogP contribution in [-0.2, 0) is 4.74 Å². The lowest BCUT2D eigenvalue weighted by Gasteiger charge is -2.19. The van der Waals surface area contributed by atoms with Crippen molar-refractivity contribution >= 4 is 32.4 Å². The Bertz CT molecular complexity index is 299. The zero-order valence-corrected chi connectivity index (χ0v) is 10.4. The van der Waals surface area contributed by atoms with Crippen LogP contribution in [0.4, 0.5) is 5.13 Å². The number of thiazole rings is 1. The maximum Gasteiger partial charge on any atom is 0.184 e. The summed E-state index contributed by atoms with van der Waals surface area (Å²) in [5.74, 6) is 0. The Morgan fingerprint density at radius 1 is 1.79 bits per heavy atom. The number of hydrogen-bond acceptors (Lipinski definition) is 4. The minimum Gasteiger partial charge on any atom is -0.376 e. The van der Waals surface area contributed by atoms with Crippen LogP contribution in [0.3, 0.4) is 0 Å². The molecule has 0 spiro atoms. The van der Waals surface area contributed by atoms with E-state index in [1.54, 1.807) is 11.3 Å². The molecule has 14 heavy (non-hydrogen) atoms. The number of aromatic nitrogens is 1. The Morgan fingerprint density at radius 2 is 2.64 bits per heavy atom. The fourth-order valence-electron chi connectivity index (χ4n) is 1.61. The molecule has 5 heteroatoms. The third kappa shape index (κ3) is 2.46. The summed E-state index contributed by atoms with van der Waals surface area (Å²) in [6.07, 6.45) is 4.49. The molecule has 0 saturated carbocycles. The second kappa shape index (κ2) is 4.59. The number of anilines is 1. The average molecular weight is 277 g/mol. The molecule has 2 rings (SSSR count).